The lowest BCUT2D eigenvalue weighted by molar-refractivity contribution is -0.929. The summed E-state index contributed by atoms with van der Waals surface area (Å²) in [5, 5.41) is 9.32. The highest BCUT2D eigenvalue weighted by Gasteiger charge is 2.24. The second-order valence-corrected chi connectivity index (χ2v) is 7.37. The maximum absolute atomic E-state index is 9.32. The van der Waals surface area contributed by atoms with Crippen LogP contribution in [0, 0.1) is 0 Å². The molecule has 0 aromatic carbocycles. The normalized spacial score (nSPS) is 11.3. The fourth-order valence-electron chi connectivity index (χ4n) is 2.64. The van der Waals surface area contributed by atoms with Crippen LogP contribution in [0.3, 0.4) is 0 Å². The predicted molar refractivity (Wildman–Crippen MR) is 99.9 cm³/mol. The number of hydrogen-bond donors (Lipinski definition) is 0. The monoisotopic (exact) mass is 369 g/mol. The molecule has 0 aromatic rings. The Morgan fingerprint density at radius 3 is 1.13 bits per heavy atom. The number of carboxylic acid groups (broad SMARTS) is 1. The van der Waals surface area contributed by atoms with Gasteiger partial charge in [0.05, 0.1) is 32.1 Å². The molecule has 3 nitrogen and oxygen atoms in total. The molecule has 0 fully saturated rings. The largest absolute Gasteiger partial charge is 0.547 e. The molecule has 0 bridgehead atoms. The van der Waals surface area contributed by atoms with Gasteiger partial charge in [-0.05, 0) is 25.7 Å². The summed E-state index contributed by atoms with van der Waals surface area (Å²) in [4.78, 5) is 7.93. The number of carboxylic acids is 1. The van der Waals surface area contributed by atoms with Crippen LogP contribution in [0.4, 0.5) is 0 Å². The quantitative estimate of drug-likeness (QED) is 0.353. The Balaban J connectivity index is 0. The Bertz CT molecular complexity index is 236. The minimum absolute atomic E-state index is 1.35. The smallest absolute Gasteiger partial charge is 0.146 e. The lowest BCUT2D eigenvalue weighted by Gasteiger charge is -2.39. The first-order valence-electron chi connectivity index (χ1n) is 9.23. The number of nitrogens with zero attached hydrogens (tertiary/aromatic N) is 1. The van der Waals surface area contributed by atoms with Crippen molar-refractivity contribution in [3.05, 3.63) is 0 Å². The van der Waals surface area contributed by atoms with Crippen LogP contribution in [0.25, 0.3) is 0 Å². The number of alkyl halides is 2. The molecular weight excluding hydrogens is 333 g/mol. The van der Waals surface area contributed by atoms with Gasteiger partial charge in [-0.2, -0.15) is 0 Å². The summed E-state index contributed by atoms with van der Waals surface area (Å²) in [5.41, 5.74) is 0. The number of unbranched alkanes of at least 4 members (excludes halogenated alkanes) is 4. The van der Waals surface area contributed by atoms with Gasteiger partial charge in [-0.15, -0.1) is 0 Å². The maximum Gasteiger partial charge on any atom is 0.146 e. The topological polar surface area (TPSA) is 40.1 Å². The highest BCUT2D eigenvalue weighted by molar-refractivity contribution is 6.52. The van der Waals surface area contributed by atoms with E-state index in [9.17, 15) is 9.90 Å². The second kappa shape index (κ2) is 16.9. The Morgan fingerprint density at radius 2 is 1.00 bits per heavy atom. The predicted octanol–water partition coefficient (Wildman–Crippen LogP) is 4.54. The Labute approximate surface area is 153 Å². The Hall–Kier alpha value is 0.01000. The minimum atomic E-state index is -1.46. The first kappa shape index (κ1) is 25.3. The number of quaternary nitrogens is 1. The van der Waals surface area contributed by atoms with Crippen LogP contribution < -0.4 is 5.11 Å². The summed E-state index contributed by atoms with van der Waals surface area (Å²) in [6.45, 7) is 15.0. The molecule has 0 saturated carbocycles. The van der Waals surface area contributed by atoms with E-state index in [1.165, 1.54) is 82.0 Å². The third-order valence-corrected chi connectivity index (χ3v) is 4.48. The molecule has 0 aliphatic heterocycles. The van der Waals surface area contributed by atoms with Crippen LogP contribution in [-0.2, 0) is 4.79 Å². The van der Waals surface area contributed by atoms with E-state index in [4.69, 9.17) is 23.2 Å². The molecule has 0 aliphatic carbocycles. The van der Waals surface area contributed by atoms with E-state index in [1.54, 1.807) is 0 Å². The fourth-order valence-corrected chi connectivity index (χ4v) is 2.64. The zero-order valence-electron chi connectivity index (χ0n) is 15.6. The van der Waals surface area contributed by atoms with Gasteiger partial charge in [0.25, 0.3) is 0 Å². The van der Waals surface area contributed by atoms with E-state index >= 15 is 0 Å². The number of hydrogen-bond acceptors (Lipinski definition) is 2. The standard InChI is InChI=1S/C16H36N.C2H2Cl2O2/c1-5-9-13-17(14-10-6-2,15-11-7-3)16-12-8-4;3-1(4)2(5)6/h5-16H2,1-4H3;1H,(H,5,6)/q+1;/p-1. The molecule has 0 spiro atoms. The molecule has 0 unspecified atom stereocenters. The maximum atomic E-state index is 9.32. The van der Waals surface area contributed by atoms with Gasteiger partial charge in [0.1, 0.15) is 4.84 Å². The highest BCUT2D eigenvalue weighted by atomic mass is 35.5. The van der Waals surface area contributed by atoms with E-state index in [1.807, 2.05) is 0 Å². The van der Waals surface area contributed by atoms with Crippen molar-refractivity contribution in [3.8, 4) is 0 Å². The fraction of sp³-hybridized carbons (Fsp3) is 0.944. The van der Waals surface area contributed by atoms with Gasteiger partial charge in [0.2, 0.25) is 0 Å². The van der Waals surface area contributed by atoms with E-state index < -0.39 is 10.8 Å². The summed E-state index contributed by atoms with van der Waals surface area (Å²) < 4.78 is 1.42. The molecule has 0 rings (SSSR count). The van der Waals surface area contributed by atoms with Crippen LogP contribution in [0.5, 0.6) is 0 Å². The summed E-state index contributed by atoms with van der Waals surface area (Å²) in [6, 6.07) is 0. The van der Waals surface area contributed by atoms with Crippen molar-refractivity contribution < 1.29 is 14.4 Å². The summed E-state index contributed by atoms with van der Waals surface area (Å²) in [6.07, 6.45) is 11.1. The zero-order chi connectivity index (χ0) is 18.1. The molecule has 0 radical (unpaired) electrons. The van der Waals surface area contributed by atoms with Crippen molar-refractivity contribution >= 4 is 29.2 Å². The second-order valence-electron chi connectivity index (χ2n) is 6.27. The van der Waals surface area contributed by atoms with Crippen LogP contribution in [0.15, 0.2) is 0 Å². The summed E-state index contributed by atoms with van der Waals surface area (Å²) in [7, 11) is 0. The average molecular weight is 370 g/mol. The summed E-state index contributed by atoms with van der Waals surface area (Å²) in [5.74, 6) is -1.46. The van der Waals surface area contributed by atoms with Crippen LogP contribution in [0.2, 0.25) is 0 Å². The van der Waals surface area contributed by atoms with Crippen molar-refractivity contribution in [1.82, 2.24) is 0 Å². The molecule has 0 aromatic heterocycles. The zero-order valence-corrected chi connectivity index (χ0v) is 17.1. The number of halogens is 2. The Kier molecular flexibility index (Phi) is 18.5. The van der Waals surface area contributed by atoms with Gasteiger partial charge in [-0.3, -0.25) is 0 Å². The number of carbonyl (C=O) groups is 1. The SMILES string of the molecule is CCCC[N+](CCCC)(CCCC)CCCC.O=C([O-])C(Cl)Cl. The molecule has 23 heavy (non-hydrogen) atoms. The molecule has 0 amide bonds. The molecular formula is C18H37Cl2NO2. The van der Waals surface area contributed by atoms with Crippen LogP contribution in [-0.4, -0.2) is 41.5 Å². The van der Waals surface area contributed by atoms with Gasteiger partial charge < -0.3 is 14.4 Å². The van der Waals surface area contributed by atoms with Gasteiger partial charge >= 0.3 is 0 Å². The van der Waals surface area contributed by atoms with Gasteiger partial charge in [0, 0.05) is 0 Å². The minimum Gasteiger partial charge on any atom is -0.547 e. The third kappa shape index (κ3) is 15.3. The van der Waals surface area contributed by atoms with Gasteiger partial charge in [0.15, 0.2) is 0 Å². The van der Waals surface area contributed by atoms with E-state index in [0.29, 0.717) is 0 Å². The van der Waals surface area contributed by atoms with Crippen molar-refractivity contribution in [3.63, 3.8) is 0 Å². The number of aliphatic carboxylic acids is 1. The molecule has 0 saturated heterocycles. The van der Waals surface area contributed by atoms with Crippen molar-refractivity contribution in [2.24, 2.45) is 0 Å². The van der Waals surface area contributed by atoms with E-state index in [-0.39, 0.29) is 0 Å². The first-order chi connectivity index (χ1) is 10.9. The van der Waals surface area contributed by atoms with Gasteiger partial charge in [-0.1, -0.05) is 76.6 Å². The highest BCUT2D eigenvalue weighted by Crippen LogP contribution is 2.16. The molecule has 0 heterocycles. The first-order valence-corrected chi connectivity index (χ1v) is 10.1. The lowest BCUT2D eigenvalue weighted by Crippen LogP contribution is -2.50. The number of carbonyl (C=O) groups excluding carboxylic acids is 1. The summed E-state index contributed by atoms with van der Waals surface area (Å²) >= 11 is 9.43. The molecule has 0 N–H and O–H groups in total. The van der Waals surface area contributed by atoms with Gasteiger partial charge in [-0.25, -0.2) is 0 Å². The lowest BCUT2D eigenvalue weighted by atomic mass is 10.1. The van der Waals surface area contributed by atoms with Crippen molar-refractivity contribution in [2.45, 2.75) is 83.9 Å². The van der Waals surface area contributed by atoms with Crippen LogP contribution in [0.1, 0.15) is 79.1 Å². The molecule has 5 heteroatoms. The van der Waals surface area contributed by atoms with Crippen molar-refractivity contribution in [2.75, 3.05) is 26.2 Å². The molecule has 140 valence electrons. The molecule has 0 atom stereocenters. The third-order valence-electron chi connectivity index (χ3n) is 4.12. The van der Waals surface area contributed by atoms with E-state index in [0.717, 1.165) is 0 Å². The number of rotatable bonds is 13. The van der Waals surface area contributed by atoms with Crippen molar-refractivity contribution in [1.29, 1.82) is 0 Å². The van der Waals surface area contributed by atoms with E-state index in [2.05, 4.69) is 27.7 Å². The van der Waals surface area contributed by atoms with Crippen LogP contribution >= 0.6 is 23.2 Å². The molecule has 0 aliphatic rings. The Morgan fingerprint density at radius 1 is 0.783 bits per heavy atom. The average Bonchev–Trinajstić information content (AvgIpc) is 2.54.